The van der Waals surface area contributed by atoms with Crippen molar-refractivity contribution in [2.24, 2.45) is 5.73 Å². The third kappa shape index (κ3) is 3.33. The Bertz CT molecular complexity index is 450. The Morgan fingerprint density at radius 1 is 1.65 bits per heavy atom. The van der Waals surface area contributed by atoms with E-state index in [2.05, 4.69) is 16.9 Å². The Kier molecular flexibility index (Phi) is 3.78. The summed E-state index contributed by atoms with van der Waals surface area (Å²) in [6.45, 7) is 0.785. The van der Waals surface area contributed by atoms with Crippen molar-refractivity contribution in [3.8, 4) is 11.8 Å². The van der Waals surface area contributed by atoms with Gasteiger partial charge in [-0.25, -0.2) is 4.68 Å². The number of aromatic nitrogens is 2. The van der Waals surface area contributed by atoms with Gasteiger partial charge in [-0.3, -0.25) is 4.79 Å². The first-order chi connectivity index (χ1) is 8.25. The molecule has 1 amide bonds. The highest BCUT2D eigenvalue weighted by Gasteiger charge is 2.15. The number of carbonyl (C=O) groups is 1. The number of nitrogens with zero attached hydrogens (tertiary/aromatic N) is 2. The summed E-state index contributed by atoms with van der Waals surface area (Å²) in [5.41, 5.74) is 5.77. The summed E-state index contributed by atoms with van der Waals surface area (Å²) in [6, 6.07) is 0. The van der Waals surface area contributed by atoms with Gasteiger partial charge in [0.05, 0.1) is 18.2 Å². The molecule has 2 rings (SSSR count). The second kappa shape index (κ2) is 5.51. The lowest BCUT2D eigenvalue weighted by Gasteiger charge is -2.22. The molecule has 5 nitrogen and oxygen atoms in total. The van der Waals surface area contributed by atoms with E-state index in [1.165, 1.54) is 0 Å². The summed E-state index contributed by atoms with van der Waals surface area (Å²) in [5.74, 6) is 5.13. The van der Waals surface area contributed by atoms with Crippen LogP contribution in [-0.4, -0.2) is 22.3 Å². The van der Waals surface area contributed by atoms with Crippen molar-refractivity contribution in [2.75, 3.05) is 6.61 Å². The van der Waals surface area contributed by atoms with Crippen molar-refractivity contribution in [3.05, 3.63) is 18.0 Å². The molecule has 1 fully saturated rings. The van der Waals surface area contributed by atoms with E-state index >= 15 is 0 Å². The lowest BCUT2D eigenvalue weighted by atomic mass is 10.2. The number of nitrogens with two attached hydrogens (primary N) is 1. The zero-order chi connectivity index (χ0) is 12.1. The molecule has 0 saturated carbocycles. The van der Waals surface area contributed by atoms with Gasteiger partial charge < -0.3 is 10.5 Å². The van der Waals surface area contributed by atoms with Gasteiger partial charge in [0.1, 0.15) is 6.23 Å². The standard InChI is InChI=1S/C12H15N3O2/c13-11(16)5-3-4-10-8-14-15(9-10)12-6-1-2-7-17-12/h8-9,12H,1-2,5-7H2,(H2,13,16)/t12-/m0/s1. The molecule has 90 valence electrons. The fourth-order valence-electron chi connectivity index (χ4n) is 1.73. The third-order valence-electron chi connectivity index (χ3n) is 2.55. The van der Waals surface area contributed by atoms with Gasteiger partial charge in [-0.1, -0.05) is 11.8 Å². The van der Waals surface area contributed by atoms with E-state index in [-0.39, 0.29) is 12.6 Å². The molecule has 0 spiro atoms. The Morgan fingerprint density at radius 3 is 3.24 bits per heavy atom. The van der Waals surface area contributed by atoms with E-state index in [1.807, 2.05) is 6.20 Å². The monoisotopic (exact) mass is 233 g/mol. The molecule has 0 bridgehead atoms. The quantitative estimate of drug-likeness (QED) is 0.768. The van der Waals surface area contributed by atoms with Crippen LogP contribution in [0, 0.1) is 11.8 Å². The van der Waals surface area contributed by atoms with E-state index in [9.17, 15) is 4.79 Å². The normalized spacial score (nSPS) is 19.4. The maximum Gasteiger partial charge on any atom is 0.229 e. The lowest BCUT2D eigenvalue weighted by Crippen LogP contribution is -2.18. The second-order valence-electron chi connectivity index (χ2n) is 3.98. The number of hydrogen-bond donors (Lipinski definition) is 1. The van der Waals surface area contributed by atoms with Gasteiger partial charge in [0, 0.05) is 12.8 Å². The molecule has 1 saturated heterocycles. The number of carbonyl (C=O) groups excluding carboxylic acids is 1. The van der Waals surface area contributed by atoms with Crippen molar-refractivity contribution in [3.63, 3.8) is 0 Å². The van der Waals surface area contributed by atoms with E-state index in [0.717, 1.165) is 31.4 Å². The minimum Gasteiger partial charge on any atom is -0.369 e. The minimum atomic E-state index is -0.416. The Morgan fingerprint density at radius 2 is 2.53 bits per heavy atom. The molecule has 0 unspecified atom stereocenters. The van der Waals surface area contributed by atoms with E-state index in [0.29, 0.717) is 0 Å². The van der Waals surface area contributed by atoms with Crippen LogP contribution in [0.15, 0.2) is 12.4 Å². The molecule has 1 atom stereocenters. The van der Waals surface area contributed by atoms with E-state index in [4.69, 9.17) is 10.5 Å². The highest BCUT2D eigenvalue weighted by molar-refractivity contribution is 5.76. The number of hydrogen-bond acceptors (Lipinski definition) is 3. The molecule has 0 aliphatic carbocycles. The smallest absolute Gasteiger partial charge is 0.229 e. The molecular weight excluding hydrogens is 218 g/mol. The SMILES string of the molecule is NC(=O)CC#Cc1cnn([C@@H]2CCCCO2)c1. The van der Waals surface area contributed by atoms with Gasteiger partial charge in [0.25, 0.3) is 0 Å². The van der Waals surface area contributed by atoms with Crippen molar-refractivity contribution in [1.29, 1.82) is 0 Å². The molecule has 1 aliphatic rings. The molecule has 2 N–H and O–H groups in total. The molecule has 5 heteroatoms. The Labute approximate surface area is 99.9 Å². The largest absolute Gasteiger partial charge is 0.369 e. The topological polar surface area (TPSA) is 70.1 Å². The van der Waals surface area contributed by atoms with Crippen LogP contribution < -0.4 is 5.73 Å². The van der Waals surface area contributed by atoms with Crippen LogP contribution in [0.25, 0.3) is 0 Å². The highest BCUT2D eigenvalue weighted by atomic mass is 16.5. The average molecular weight is 233 g/mol. The predicted octanol–water partition coefficient (Wildman–Crippen LogP) is 0.809. The van der Waals surface area contributed by atoms with Crippen LogP contribution in [-0.2, 0) is 9.53 Å². The van der Waals surface area contributed by atoms with Crippen LogP contribution in [0.2, 0.25) is 0 Å². The van der Waals surface area contributed by atoms with Gasteiger partial charge >= 0.3 is 0 Å². The molecule has 2 heterocycles. The maximum atomic E-state index is 10.5. The molecule has 0 radical (unpaired) electrons. The summed E-state index contributed by atoms with van der Waals surface area (Å²) >= 11 is 0. The van der Waals surface area contributed by atoms with Crippen LogP contribution in [0.1, 0.15) is 37.5 Å². The molecule has 1 aromatic rings. The zero-order valence-corrected chi connectivity index (χ0v) is 9.56. The number of ether oxygens (including phenoxy) is 1. The van der Waals surface area contributed by atoms with Crippen molar-refractivity contribution in [2.45, 2.75) is 31.9 Å². The van der Waals surface area contributed by atoms with Crippen LogP contribution in [0.4, 0.5) is 0 Å². The van der Waals surface area contributed by atoms with Crippen molar-refractivity contribution in [1.82, 2.24) is 9.78 Å². The molecule has 1 aliphatic heterocycles. The van der Waals surface area contributed by atoms with Gasteiger partial charge in [-0.05, 0) is 19.3 Å². The second-order valence-corrected chi connectivity index (χ2v) is 3.98. The molecule has 17 heavy (non-hydrogen) atoms. The first kappa shape index (κ1) is 11.7. The van der Waals surface area contributed by atoms with Gasteiger partial charge in [0.2, 0.25) is 5.91 Å². The highest BCUT2D eigenvalue weighted by Crippen LogP contribution is 2.21. The van der Waals surface area contributed by atoms with Crippen molar-refractivity contribution < 1.29 is 9.53 Å². The molecule has 0 aromatic carbocycles. The fourth-order valence-corrected chi connectivity index (χ4v) is 1.73. The summed E-state index contributed by atoms with van der Waals surface area (Å²) in [7, 11) is 0. The van der Waals surface area contributed by atoms with Gasteiger partial charge in [0.15, 0.2) is 0 Å². The van der Waals surface area contributed by atoms with Crippen LogP contribution in [0.5, 0.6) is 0 Å². The summed E-state index contributed by atoms with van der Waals surface area (Å²) in [6.07, 6.45) is 6.86. The maximum absolute atomic E-state index is 10.5. The van der Waals surface area contributed by atoms with Gasteiger partial charge in [-0.15, -0.1) is 0 Å². The van der Waals surface area contributed by atoms with Crippen molar-refractivity contribution >= 4 is 5.91 Å². The molecular formula is C12H15N3O2. The minimum absolute atomic E-state index is 0.0236. The number of rotatable bonds is 2. The first-order valence-electron chi connectivity index (χ1n) is 5.68. The van der Waals surface area contributed by atoms with Crippen LogP contribution in [0.3, 0.4) is 0 Å². The number of primary amides is 1. The Balaban J connectivity index is 1.99. The third-order valence-corrected chi connectivity index (χ3v) is 2.55. The Hall–Kier alpha value is -1.80. The summed E-state index contributed by atoms with van der Waals surface area (Å²) < 4.78 is 7.38. The lowest BCUT2D eigenvalue weighted by molar-refractivity contribution is -0.117. The predicted molar refractivity (Wildman–Crippen MR) is 61.8 cm³/mol. The first-order valence-corrected chi connectivity index (χ1v) is 5.68. The van der Waals surface area contributed by atoms with Crippen LogP contribution >= 0.6 is 0 Å². The zero-order valence-electron chi connectivity index (χ0n) is 9.56. The van der Waals surface area contributed by atoms with Gasteiger partial charge in [-0.2, -0.15) is 5.10 Å². The fraction of sp³-hybridized carbons (Fsp3) is 0.500. The number of amides is 1. The van der Waals surface area contributed by atoms with E-state index in [1.54, 1.807) is 10.9 Å². The average Bonchev–Trinajstić information content (AvgIpc) is 2.78. The van der Waals surface area contributed by atoms with E-state index < -0.39 is 5.91 Å². The summed E-state index contributed by atoms with van der Waals surface area (Å²) in [4.78, 5) is 10.5. The molecule has 1 aromatic heterocycles. The summed E-state index contributed by atoms with van der Waals surface area (Å²) in [5, 5.41) is 4.21.